The number of nitrogens with zero attached hydrogens (tertiary/aromatic N) is 2. The van der Waals surface area contributed by atoms with E-state index in [1.807, 2.05) is 13.8 Å². The van der Waals surface area contributed by atoms with Crippen LogP contribution in [0.5, 0.6) is 0 Å². The average Bonchev–Trinajstić information content (AvgIpc) is 2.64. The third-order valence-corrected chi connectivity index (χ3v) is 2.80. The third-order valence-electron chi connectivity index (χ3n) is 2.80. The van der Waals surface area contributed by atoms with E-state index in [9.17, 15) is 9.59 Å². The molecule has 0 radical (unpaired) electrons. The largest absolute Gasteiger partial charge is 0.480 e. The Morgan fingerprint density at radius 3 is 2.50 bits per heavy atom. The fourth-order valence-electron chi connectivity index (χ4n) is 1.85. The van der Waals surface area contributed by atoms with Gasteiger partial charge in [-0.05, 0) is 19.8 Å². The van der Waals surface area contributed by atoms with Gasteiger partial charge < -0.3 is 19.8 Å². The quantitative estimate of drug-likeness (QED) is 0.825. The number of nitrogens with one attached hydrogen (secondary N) is 1. The summed E-state index contributed by atoms with van der Waals surface area (Å²) in [6.07, 6.45) is 0. The molecule has 0 spiro atoms. The lowest BCUT2D eigenvalue weighted by molar-refractivity contribution is -0.137. The summed E-state index contributed by atoms with van der Waals surface area (Å²) < 4.78 is 5.01. The van der Waals surface area contributed by atoms with Crippen molar-refractivity contribution in [1.29, 1.82) is 0 Å². The van der Waals surface area contributed by atoms with Gasteiger partial charge in [-0.15, -0.1) is 0 Å². The molecule has 2 N–H and O–H groups in total. The standard InChI is InChI=1S/C13H21N3O4/c1-8(2)6-16(7-12(17)18)13(19)14-5-11-9(3)15-20-10(11)4/h8H,5-7H2,1-4H3,(H,14,19)(H,17,18). The molecule has 0 aromatic carbocycles. The number of aromatic nitrogens is 1. The van der Waals surface area contributed by atoms with E-state index in [4.69, 9.17) is 9.63 Å². The van der Waals surface area contributed by atoms with E-state index in [2.05, 4.69) is 10.5 Å². The van der Waals surface area contributed by atoms with Crippen LogP contribution in [0.25, 0.3) is 0 Å². The second kappa shape index (κ2) is 6.93. The topological polar surface area (TPSA) is 95.7 Å². The fraction of sp³-hybridized carbons (Fsp3) is 0.615. The molecule has 1 aromatic heterocycles. The Morgan fingerprint density at radius 2 is 2.05 bits per heavy atom. The van der Waals surface area contributed by atoms with Crippen molar-refractivity contribution < 1.29 is 19.2 Å². The SMILES string of the molecule is Cc1noc(C)c1CNC(=O)N(CC(=O)O)CC(C)C. The van der Waals surface area contributed by atoms with Gasteiger partial charge >= 0.3 is 12.0 Å². The number of amides is 2. The van der Waals surface area contributed by atoms with Crippen molar-refractivity contribution in [3.05, 3.63) is 17.0 Å². The predicted molar refractivity (Wildman–Crippen MR) is 72.3 cm³/mol. The summed E-state index contributed by atoms with van der Waals surface area (Å²) in [6.45, 7) is 7.76. The zero-order chi connectivity index (χ0) is 15.3. The number of hydrogen-bond acceptors (Lipinski definition) is 4. The molecule has 7 heteroatoms. The number of urea groups is 1. The number of rotatable bonds is 6. The molecule has 0 bridgehead atoms. The fourth-order valence-corrected chi connectivity index (χ4v) is 1.85. The van der Waals surface area contributed by atoms with Crippen molar-refractivity contribution >= 4 is 12.0 Å². The number of carbonyl (C=O) groups excluding carboxylic acids is 1. The van der Waals surface area contributed by atoms with E-state index in [0.29, 0.717) is 12.3 Å². The van der Waals surface area contributed by atoms with E-state index < -0.39 is 12.0 Å². The second-order valence-corrected chi connectivity index (χ2v) is 5.13. The Kier molecular flexibility index (Phi) is 5.54. The summed E-state index contributed by atoms with van der Waals surface area (Å²) in [5.41, 5.74) is 1.54. The molecule has 0 atom stereocenters. The van der Waals surface area contributed by atoms with Gasteiger partial charge in [0.05, 0.1) is 5.69 Å². The molecule has 0 aliphatic rings. The van der Waals surface area contributed by atoms with Crippen molar-refractivity contribution in [2.24, 2.45) is 5.92 Å². The molecule has 0 unspecified atom stereocenters. The third kappa shape index (κ3) is 4.56. The lowest BCUT2D eigenvalue weighted by Gasteiger charge is -2.23. The van der Waals surface area contributed by atoms with E-state index in [1.54, 1.807) is 13.8 Å². The Labute approximate surface area is 117 Å². The minimum absolute atomic E-state index is 0.194. The number of aliphatic carboxylic acids is 1. The maximum Gasteiger partial charge on any atom is 0.323 e. The number of aryl methyl sites for hydroxylation is 2. The number of carbonyl (C=O) groups is 2. The lowest BCUT2D eigenvalue weighted by Crippen LogP contribution is -2.44. The Hall–Kier alpha value is -2.05. The van der Waals surface area contributed by atoms with Crippen LogP contribution < -0.4 is 5.32 Å². The molecule has 7 nitrogen and oxygen atoms in total. The van der Waals surface area contributed by atoms with Crippen molar-refractivity contribution in [1.82, 2.24) is 15.4 Å². The molecule has 0 saturated heterocycles. The van der Waals surface area contributed by atoms with Gasteiger partial charge in [-0.2, -0.15) is 0 Å². The maximum absolute atomic E-state index is 12.0. The minimum Gasteiger partial charge on any atom is -0.480 e. The van der Waals surface area contributed by atoms with Gasteiger partial charge in [0, 0.05) is 18.7 Å². The zero-order valence-corrected chi connectivity index (χ0v) is 12.3. The summed E-state index contributed by atoms with van der Waals surface area (Å²) in [5.74, 6) is -0.186. The van der Waals surface area contributed by atoms with Crippen LogP contribution in [0.1, 0.15) is 30.9 Å². The van der Waals surface area contributed by atoms with Gasteiger partial charge in [0.15, 0.2) is 0 Å². The summed E-state index contributed by atoms with van der Waals surface area (Å²) in [5, 5.41) is 15.3. The van der Waals surface area contributed by atoms with Crippen LogP contribution in [0.2, 0.25) is 0 Å². The Bertz CT molecular complexity index is 462. The molecule has 0 saturated carbocycles. The molecule has 0 aliphatic heterocycles. The molecule has 1 aromatic rings. The van der Waals surface area contributed by atoms with E-state index >= 15 is 0 Å². The normalized spacial score (nSPS) is 10.7. The first-order valence-electron chi connectivity index (χ1n) is 6.47. The van der Waals surface area contributed by atoms with Gasteiger partial charge in [0.25, 0.3) is 0 Å². The van der Waals surface area contributed by atoms with E-state index in [-0.39, 0.29) is 19.0 Å². The first kappa shape index (κ1) is 16.0. The lowest BCUT2D eigenvalue weighted by atomic mass is 10.2. The monoisotopic (exact) mass is 283 g/mol. The molecule has 1 rings (SSSR count). The molecule has 1 heterocycles. The molecule has 20 heavy (non-hydrogen) atoms. The number of carboxylic acid groups (broad SMARTS) is 1. The summed E-state index contributed by atoms with van der Waals surface area (Å²) >= 11 is 0. The van der Waals surface area contributed by atoms with Gasteiger partial charge in [0.1, 0.15) is 12.3 Å². The van der Waals surface area contributed by atoms with Crippen LogP contribution in [0, 0.1) is 19.8 Å². The molecular formula is C13H21N3O4. The van der Waals surface area contributed by atoms with Crippen molar-refractivity contribution in [3.63, 3.8) is 0 Å². The highest BCUT2D eigenvalue weighted by Crippen LogP contribution is 2.11. The Morgan fingerprint density at radius 1 is 1.40 bits per heavy atom. The van der Waals surface area contributed by atoms with Crippen LogP contribution in [0.4, 0.5) is 4.79 Å². The smallest absolute Gasteiger partial charge is 0.323 e. The van der Waals surface area contributed by atoms with Crippen LogP contribution in [-0.4, -0.2) is 40.3 Å². The van der Waals surface area contributed by atoms with E-state index in [1.165, 1.54) is 4.90 Å². The van der Waals surface area contributed by atoms with Gasteiger partial charge in [-0.25, -0.2) is 4.79 Å². The summed E-state index contributed by atoms with van der Waals surface area (Å²) in [7, 11) is 0. The zero-order valence-electron chi connectivity index (χ0n) is 12.3. The van der Waals surface area contributed by atoms with Gasteiger partial charge in [-0.3, -0.25) is 4.79 Å². The highest BCUT2D eigenvalue weighted by atomic mass is 16.5. The summed E-state index contributed by atoms with van der Waals surface area (Å²) in [4.78, 5) is 24.1. The molecule has 2 amide bonds. The minimum atomic E-state index is -1.03. The first-order valence-corrected chi connectivity index (χ1v) is 6.47. The summed E-state index contributed by atoms with van der Waals surface area (Å²) in [6, 6.07) is -0.402. The first-order chi connectivity index (χ1) is 9.31. The Balaban J connectivity index is 2.64. The highest BCUT2D eigenvalue weighted by molar-refractivity contribution is 5.80. The second-order valence-electron chi connectivity index (χ2n) is 5.13. The van der Waals surface area contributed by atoms with Crippen molar-refractivity contribution in [2.75, 3.05) is 13.1 Å². The van der Waals surface area contributed by atoms with Crippen molar-refractivity contribution in [2.45, 2.75) is 34.2 Å². The molecule has 0 aliphatic carbocycles. The van der Waals surface area contributed by atoms with Crippen molar-refractivity contribution in [3.8, 4) is 0 Å². The number of hydrogen-bond donors (Lipinski definition) is 2. The van der Waals surface area contributed by atoms with Gasteiger partial charge in [0.2, 0.25) is 0 Å². The van der Waals surface area contributed by atoms with E-state index in [0.717, 1.165) is 11.3 Å². The van der Waals surface area contributed by atoms with Crippen LogP contribution >= 0.6 is 0 Å². The molecular weight excluding hydrogens is 262 g/mol. The molecule has 0 fully saturated rings. The molecule has 112 valence electrons. The maximum atomic E-state index is 12.0. The van der Waals surface area contributed by atoms with Crippen LogP contribution in [0.15, 0.2) is 4.52 Å². The average molecular weight is 283 g/mol. The van der Waals surface area contributed by atoms with Gasteiger partial charge in [-0.1, -0.05) is 19.0 Å². The van der Waals surface area contributed by atoms with Crippen LogP contribution in [0.3, 0.4) is 0 Å². The predicted octanol–water partition coefficient (Wildman–Crippen LogP) is 1.54. The van der Waals surface area contributed by atoms with Crippen LogP contribution in [-0.2, 0) is 11.3 Å². The number of carboxylic acids is 1. The highest BCUT2D eigenvalue weighted by Gasteiger charge is 2.18.